The maximum absolute atomic E-state index is 5.14. The van der Waals surface area contributed by atoms with Gasteiger partial charge in [-0.05, 0) is 32.2 Å². The third kappa shape index (κ3) is 4.36. The van der Waals surface area contributed by atoms with Crippen LogP contribution in [-0.4, -0.2) is 22.4 Å². The Morgan fingerprint density at radius 1 is 1.20 bits per heavy atom. The highest BCUT2D eigenvalue weighted by molar-refractivity contribution is 6.48. The summed E-state index contributed by atoms with van der Waals surface area (Å²) in [6.45, 7) is 7.53. The van der Waals surface area contributed by atoms with Gasteiger partial charge in [0.1, 0.15) is 0 Å². The highest BCUT2D eigenvalue weighted by Crippen LogP contribution is 2.30. The number of benzene rings is 1. The van der Waals surface area contributed by atoms with Gasteiger partial charge in [-0.3, -0.25) is 0 Å². The minimum absolute atomic E-state index is 0.360. The van der Waals surface area contributed by atoms with Gasteiger partial charge in [-0.2, -0.15) is 0 Å². The summed E-state index contributed by atoms with van der Waals surface area (Å²) in [5, 5.41) is 0. The highest BCUT2D eigenvalue weighted by atomic mass is 28.3. The predicted molar refractivity (Wildman–Crippen MR) is 61.7 cm³/mol. The van der Waals surface area contributed by atoms with Crippen molar-refractivity contribution in [3.05, 3.63) is 24.3 Å². The fraction of sp³-hybridized carbons (Fsp3) is 0.455. The molecule has 1 aliphatic heterocycles. The summed E-state index contributed by atoms with van der Waals surface area (Å²) >= 11 is 0. The first-order chi connectivity index (χ1) is 7.24. The summed E-state index contributed by atoms with van der Waals surface area (Å²) in [7, 11) is -0.386. The van der Waals surface area contributed by atoms with Crippen LogP contribution in [0.3, 0.4) is 0 Å². The Balaban J connectivity index is 0.000000167. The van der Waals surface area contributed by atoms with E-state index >= 15 is 0 Å². The lowest BCUT2D eigenvalue weighted by Gasteiger charge is -1.97. The second-order valence-electron chi connectivity index (χ2n) is 3.19. The Labute approximate surface area is 92.7 Å². The first kappa shape index (κ1) is 12.1. The molecule has 0 spiro atoms. The summed E-state index contributed by atoms with van der Waals surface area (Å²) < 4.78 is 15.3. The van der Waals surface area contributed by atoms with E-state index in [0.717, 1.165) is 18.1 Å². The molecule has 15 heavy (non-hydrogen) atoms. The van der Waals surface area contributed by atoms with Crippen molar-refractivity contribution in [2.45, 2.75) is 20.0 Å². The number of hydrogen-bond acceptors (Lipinski definition) is 3. The number of para-hydroxylation sites is 2. The molecule has 4 heteroatoms. The number of ether oxygens (including phenoxy) is 2. The average Bonchev–Trinajstić information content (AvgIpc) is 2.65. The summed E-state index contributed by atoms with van der Waals surface area (Å²) in [6, 6.07) is 7.63. The van der Waals surface area contributed by atoms with Crippen molar-refractivity contribution in [2.75, 3.05) is 13.4 Å². The van der Waals surface area contributed by atoms with Crippen LogP contribution in [-0.2, 0) is 4.43 Å². The van der Waals surface area contributed by atoms with E-state index in [-0.39, 0.29) is 9.04 Å². The van der Waals surface area contributed by atoms with Gasteiger partial charge < -0.3 is 13.9 Å². The second kappa shape index (κ2) is 6.47. The van der Waals surface area contributed by atoms with E-state index in [1.54, 1.807) is 0 Å². The van der Waals surface area contributed by atoms with Crippen molar-refractivity contribution in [1.29, 1.82) is 0 Å². The van der Waals surface area contributed by atoms with Crippen LogP contribution in [0.25, 0.3) is 0 Å². The number of rotatable bonds is 2. The molecule has 1 aliphatic rings. The zero-order valence-corrected chi connectivity index (χ0v) is 10.4. The Bertz CT molecular complexity index is 266. The molecule has 3 nitrogen and oxygen atoms in total. The van der Waals surface area contributed by atoms with Gasteiger partial charge in [0.05, 0.1) is 0 Å². The standard InChI is InChI=1S/C7H6O2.C4H11OSi/c1-2-4-7-6(3-1)8-5-9-7;1-4-5-6(2)3/h1-4H,5H2;4H2,1-3H3. The van der Waals surface area contributed by atoms with Crippen LogP contribution in [0.5, 0.6) is 11.5 Å². The molecule has 1 radical (unpaired) electrons. The average molecular weight is 225 g/mol. The van der Waals surface area contributed by atoms with Gasteiger partial charge in [0.2, 0.25) is 15.8 Å². The van der Waals surface area contributed by atoms with E-state index in [0.29, 0.717) is 6.79 Å². The molecule has 0 bridgehead atoms. The minimum atomic E-state index is -0.386. The van der Waals surface area contributed by atoms with E-state index in [9.17, 15) is 0 Å². The number of fused-ring (bicyclic) bond motifs is 1. The van der Waals surface area contributed by atoms with Gasteiger partial charge in [0.25, 0.3) is 0 Å². The smallest absolute Gasteiger partial charge is 0.231 e. The van der Waals surface area contributed by atoms with Gasteiger partial charge in [-0.15, -0.1) is 0 Å². The summed E-state index contributed by atoms with van der Waals surface area (Å²) in [4.78, 5) is 0. The Morgan fingerprint density at radius 3 is 2.07 bits per heavy atom. The van der Waals surface area contributed by atoms with Gasteiger partial charge in [-0.1, -0.05) is 12.1 Å². The van der Waals surface area contributed by atoms with E-state index in [1.807, 2.05) is 31.2 Å². The van der Waals surface area contributed by atoms with Crippen LogP contribution in [0.2, 0.25) is 13.1 Å². The lowest BCUT2D eigenvalue weighted by molar-refractivity contribution is 0.174. The molecule has 2 rings (SSSR count). The fourth-order valence-corrected chi connectivity index (χ4v) is 1.71. The predicted octanol–water partition coefficient (Wildman–Crippen LogP) is 2.69. The molecular weight excluding hydrogens is 208 g/mol. The largest absolute Gasteiger partial charge is 0.454 e. The zero-order chi connectivity index (χ0) is 11.1. The molecular formula is C11H17O3Si. The maximum Gasteiger partial charge on any atom is 0.231 e. The second-order valence-corrected chi connectivity index (χ2v) is 5.30. The van der Waals surface area contributed by atoms with Gasteiger partial charge in [-0.25, -0.2) is 0 Å². The third-order valence-electron chi connectivity index (χ3n) is 1.71. The van der Waals surface area contributed by atoms with Crippen molar-refractivity contribution in [2.24, 2.45) is 0 Å². The molecule has 0 amide bonds. The van der Waals surface area contributed by atoms with Crippen LogP contribution in [0.4, 0.5) is 0 Å². The molecule has 1 heterocycles. The van der Waals surface area contributed by atoms with Crippen LogP contribution in [0, 0.1) is 0 Å². The van der Waals surface area contributed by atoms with Crippen molar-refractivity contribution >= 4 is 9.04 Å². The van der Waals surface area contributed by atoms with Gasteiger partial charge in [0, 0.05) is 6.61 Å². The fourth-order valence-electron chi connectivity index (χ4n) is 1.13. The Hall–Kier alpha value is -1.00. The molecule has 0 saturated carbocycles. The zero-order valence-electron chi connectivity index (χ0n) is 9.45. The Kier molecular flexibility index (Phi) is 5.21. The van der Waals surface area contributed by atoms with Crippen LogP contribution in [0.15, 0.2) is 24.3 Å². The summed E-state index contributed by atoms with van der Waals surface area (Å²) in [5.41, 5.74) is 0. The first-order valence-electron chi connectivity index (χ1n) is 5.01. The molecule has 83 valence electrons. The van der Waals surface area contributed by atoms with Crippen molar-refractivity contribution in [1.82, 2.24) is 0 Å². The molecule has 1 aromatic carbocycles. The summed E-state index contributed by atoms with van der Waals surface area (Å²) in [5.74, 6) is 1.69. The molecule has 0 atom stereocenters. The molecule has 0 N–H and O–H groups in total. The molecule has 0 aliphatic carbocycles. The van der Waals surface area contributed by atoms with E-state index in [2.05, 4.69) is 13.1 Å². The van der Waals surface area contributed by atoms with Crippen molar-refractivity contribution in [3.8, 4) is 11.5 Å². The van der Waals surface area contributed by atoms with E-state index < -0.39 is 0 Å². The SMILES string of the molecule is CCO[Si](C)C.c1ccc2c(c1)OCO2. The van der Waals surface area contributed by atoms with Crippen molar-refractivity contribution in [3.63, 3.8) is 0 Å². The quantitative estimate of drug-likeness (QED) is 0.724. The van der Waals surface area contributed by atoms with Crippen LogP contribution < -0.4 is 9.47 Å². The third-order valence-corrected chi connectivity index (χ3v) is 2.58. The van der Waals surface area contributed by atoms with Gasteiger partial charge in [0.15, 0.2) is 11.5 Å². The van der Waals surface area contributed by atoms with E-state index in [4.69, 9.17) is 13.9 Å². The first-order valence-corrected chi connectivity index (χ1v) is 7.42. The number of hydrogen-bond donors (Lipinski definition) is 0. The highest BCUT2D eigenvalue weighted by Gasteiger charge is 2.09. The van der Waals surface area contributed by atoms with Crippen LogP contribution in [0.1, 0.15) is 6.92 Å². The lowest BCUT2D eigenvalue weighted by Crippen LogP contribution is -2.05. The molecule has 0 fully saturated rings. The topological polar surface area (TPSA) is 27.7 Å². The monoisotopic (exact) mass is 225 g/mol. The van der Waals surface area contributed by atoms with Crippen molar-refractivity contribution < 1.29 is 13.9 Å². The molecule has 1 aromatic rings. The maximum atomic E-state index is 5.14. The minimum Gasteiger partial charge on any atom is -0.454 e. The van der Waals surface area contributed by atoms with E-state index in [1.165, 1.54) is 0 Å². The van der Waals surface area contributed by atoms with Crippen LogP contribution >= 0.6 is 0 Å². The van der Waals surface area contributed by atoms with Gasteiger partial charge >= 0.3 is 0 Å². The lowest BCUT2D eigenvalue weighted by atomic mass is 10.3. The summed E-state index contributed by atoms with van der Waals surface area (Å²) in [6.07, 6.45) is 0. The Morgan fingerprint density at radius 2 is 1.73 bits per heavy atom. The molecule has 0 aromatic heterocycles. The molecule has 0 saturated heterocycles. The normalized spacial score (nSPS) is 12.3. The molecule has 0 unspecified atom stereocenters.